The van der Waals surface area contributed by atoms with Crippen LogP contribution in [0, 0.1) is 0 Å². The zero-order valence-electron chi connectivity index (χ0n) is 13.6. The molecule has 1 N–H and O–H groups in total. The predicted molar refractivity (Wildman–Crippen MR) is 94.8 cm³/mol. The van der Waals surface area contributed by atoms with Crippen LogP contribution < -0.4 is 10.1 Å². The maximum Gasteiger partial charge on any atom is 0.331 e. The molecule has 7 heteroatoms. The summed E-state index contributed by atoms with van der Waals surface area (Å²) in [6, 6.07) is 10.1. The Morgan fingerprint density at radius 3 is 2.64 bits per heavy atom. The van der Waals surface area contributed by atoms with Crippen molar-refractivity contribution in [2.24, 2.45) is 0 Å². The molecule has 0 radical (unpaired) electrons. The molecule has 2 aromatic rings. The fraction of sp³-hybridized carbons (Fsp3) is 0.278. The maximum absolute atomic E-state index is 12.0. The van der Waals surface area contributed by atoms with Gasteiger partial charge in [0.05, 0.1) is 4.88 Å². The summed E-state index contributed by atoms with van der Waals surface area (Å²) in [4.78, 5) is 37.8. The molecule has 3 rings (SSSR count). The smallest absolute Gasteiger partial charge is 0.331 e. The standard InChI is InChI=1S/C18H18N2O4S/c21-16-5-1-2-10-20(16)12-17(22)24-14-8-6-13(7-9-14)19-18(23)15-4-3-11-25-15/h3-4,6-9,11H,1-2,5,10,12H2,(H,19,23). The number of amides is 2. The third kappa shape index (κ3) is 4.67. The highest BCUT2D eigenvalue weighted by Crippen LogP contribution is 2.18. The summed E-state index contributed by atoms with van der Waals surface area (Å²) in [6.07, 6.45) is 2.28. The number of thiophene rings is 1. The van der Waals surface area contributed by atoms with Crippen molar-refractivity contribution in [2.45, 2.75) is 19.3 Å². The van der Waals surface area contributed by atoms with Gasteiger partial charge in [0, 0.05) is 18.7 Å². The van der Waals surface area contributed by atoms with Gasteiger partial charge in [-0.05, 0) is 48.6 Å². The van der Waals surface area contributed by atoms with Crippen molar-refractivity contribution >= 4 is 34.8 Å². The molecule has 0 atom stereocenters. The molecule has 0 bridgehead atoms. The highest BCUT2D eigenvalue weighted by Gasteiger charge is 2.21. The monoisotopic (exact) mass is 358 g/mol. The second kappa shape index (κ2) is 7.94. The van der Waals surface area contributed by atoms with Crippen LogP contribution in [0.3, 0.4) is 0 Å². The summed E-state index contributed by atoms with van der Waals surface area (Å²) in [5, 5.41) is 4.61. The van der Waals surface area contributed by atoms with Gasteiger partial charge in [0.25, 0.3) is 5.91 Å². The van der Waals surface area contributed by atoms with Gasteiger partial charge in [-0.3, -0.25) is 9.59 Å². The molecule has 130 valence electrons. The minimum absolute atomic E-state index is 0.00478. The molecule has 1 aromatic carbocycles. The van der Waals surface area contributed by atoms with Gasteiger partial charge in [0.2, 0.25) is 5.91 Å². The molecule has 1 aliphatic heterocycles. The number of esters is 1. The van der Waals surface area contributed by atoms with Crippen LogP contribution >= 0.6 is 11.3 Å². The van der Waals surface area contributed by atoms with Gasteiger partial charge in [0.1, 0.15) is 12.3 Å². The molecule has 0 spiro atoms. The van der Waals surface area contributed by atoms with Crippen LogP contribution in [0.15, 0.2) is 41.8 Å². The third-order valence-electron chi connectivity index (χ3n) is 3.83. The average Bonchev–Trinajstić information content (AvgIpc) is 3.13. The minimum atomic E-state index is -0.467. The second-order valence-corrected chi connectivity index (χ2v) is 6.65. The molecule has 1 aromatic heterocycles. The average molecular weight is 358 g/mol. The first-order valence-electron chi connectivity index (χ1n) is 8.05. The van der Waals surface area contributed by atoms with E-state index in [1.165, 1.54) is 16.2 Å². The lowest BCUT2D eigenvalue weighted by Crippen LogP contribution is -2.40. The predicted octanol–water partition coefficient (Wildman–Crippen LogP) is 2.92. The number of carbonyl (C=O) groups excluding carboxylic acids is 3. The highest BCUT2D eigenvalue weighted by atomic mass is 32.1. The first-order chi connectivity index (χ1) is 12.1. The van der Waals surface area contributed by atoms with Crippen LogP contribution in [0.25, 0.3) is 0 Å². The van der Waals surface area contributed by atoms with E-state index >= 15 is 0 Å². The molecule has 2 amide bonds. The molecular formula is C18H18N2O4S. The number of carbonyl (C=O) groups is 3. The number of ether oxygens (including phenoxy) is 1. The number of hydrogen-bond donors (Lipinski definition) is 1. The van der Waals surface area contributed by atoms with Crippen molar-refractivity contribution in [2.75, 3.05) is 18.4 Å². The number of benzene rings is 1. The Hall–Kier alpha value is -2.67. The van der Waals surface area contributed by atoms with Gasteiger partial charge in [0.15, 0.2) is 0 Å². The van der Waals surface area contributed by atoms with E-state index in [1.54, 1.807) is 30.3 Å². The normalized spacial score (nSPS) is 14.2. The quantitative estimate of drug-likeness (QED) is 0.659. The number of anilines is 1. The van der Waals surface area contributed by atoms with E-state index < -0.39 is 5.97 Å². The van der Waals surface area contributed by atoms with E-state index in [9.17, 15) is 14.4 Å². The van der Waals surface area contributed by atoms with Crippen LogP contribution in [0.1, 0.15) is 28.9 Å². The SMILES string of the molecule is O=C(CN1CCCCC1=O)Oc1ccc(NC(=O)c2cccs2)cc1. The number of likely N-dealkylation sites (tertiary alicyclic amines) is 1. The molecule has 0 saturated carbocycles. The molecule has 0 aliphatic carbocycles. The van der Waals surface area contributed by atoms with Crippen molar-refractivity contribution in [3.8, 4) is 5.75 Å². The summed E-state index contributed by atoms with van der Waals surface area (Å²) in [5.74, 6) is -0.271. The van der Waals surface area contributed by atoms with Crippen LogP contribution in [-0.2, 0) is 9.59 Å². The van der Waals surface area contributed by atoms with Crippen molar-refractivity contribution in [1.29, 1.82) is 0 Å². The number of piperidine rings is 1. The summed E-state index contributed by atoms with van der Waals surface area (Å²) in [6.45, 7) is 0.567. The number of rotatable bonds is 5. The maximum atomic E-state index is 12.0. The molecule has 6 nitrogen and oxygen atoms in total. The molecule has 25 heavy (non-hydrogen) atoms. The zero-order chi connectivity index (χ0) is 17.6. The van der Waals surface area contributed by atoms with E-state index in [0.29, 0.717) is 29.3 Å². The van der Waals surface area contributed by atoms with Crippen molar-refractivity contribution < 1.29 is 19.1 Å². The lowest BCUT2D eigenvalue weighted by molar-refractivity contribution is -0.143. The third-order valence-corrected chi connectivity index (χ3v) is 4.70. The number of nitrogens with zero attached hydrogens (tertiary/aromatic N) is 1. The van der Waals surface area contributed by atoms with E-state index in [2.05, 4.69) is 5.32 Å². The van der Waals surface area contributed by atoms with Gasteiger partial charge < -0.3 is 15.0 Å². The van der Waals surface area contributed by atoms with E-state index in [1.807, 2.05) is 11.4 Å². The Morgan fingerprint density at radius 2 is 1.96 bits per heavy atom. The van der Waals surface area contributed by atoms with Crippen molar-refractivity contribution in [3.05, 3.63) is 46.7 Å². The van der Waals surface area contributed by atoms with Gasteiger partial charge in [-0.2, -0.15) is 0 Å². The molecule has 1 aliphatic rings. The summed E-state index contributed by atoms with van der Waals surface area (Å²) < 4.78 is 5.25. The lowest BCUT2D eigenvalue weighted by atomic mass is 10.1. The van der Waals surface area contributed by atoms with Crippen LogP contribution in [0.4, 0.5) is 5.69 Å². The van der Waals surface area contributed by atoms with Crippen LogP contribution in [-0.4, -0.2) is 35.8 Å². The fourth-order valence-electron chi connectivity index (χ4n) is 2.56. The molecule has 0 unspecified atom stereocenters. The molecule has 2 heterocycles. The first-order valence-corrected chi connectivity index (χ1v) is 8.93. The topological polar surface area (TPSA) is 75.7 Å². The largest absolute Gasteiger partial charge is 0.425 e. The summed E-state index contributed by atoms with van der Waals surface area (Å²) >= 11 is 1.36. The summed E-state index contributed by atoms with van der Waals surface area (Å²) in [7, 11) is 0. The Kier molecular flexibility index (Phi) is 5.45. The van der Waals surface area contributed by atoms with E-state index in [-0.39, 0.29) is 18.4 Å². The Morgan fingerprint density at radius 1 is 1.16 bits per heavy atom. The van der Waals surface area contributed by atoms with Gasteiger partial charge >= 0.3 is 5.97 Å². The van der Waals surface area contributed by atoms with E-state index in [4.69, 9.17) is 4.74 Å². The Bertz CT molecular complexity index is 756. The molecular weight excluding hydrogens is 340 g/mol. The Balaban J connectivity index is 1.52. The second-order valence-electron chi connectivity index (χ2n) is 5.70. The van der Waals surface area contributed by atoms with Gasteiger partial charge in [-0.1, -0.05) is 6.07 Å². The van der Waals surface area contributed by atoms with Crippen LogP contribution in [0.5, 0.6) is 5.75 Å². The van der Waals surface area contributed by atoms with Crippen molar-refractivity contribution in [1.82, 2.24) is 4.90 Å². The van der Waals surface area contributed by atoms with Gasteiger partial charge in [-0.25, -0.2) is 4.79 Å². The van der Waals surface area contributed by atoms with E-state index in [0.717, 1.165) is 12.8 Å². The minimum Gasteiger partial charge on any atom is -0.425 e. The van der Waals surface area contributed by atoms with Crippen molar-refractivity contribution in [3.63, 3.8) is 0 Å². The lowest BCUT2D eigenvalue weighted by Gasteiger charge is -2.25. The molecule has 1 fully saturated rings. The molecule has 1 saturated heterocycles. The highest BCUT2D eigenvalue weighted by molar-refractivity contribution is 7.12. The number of nitrogens with one attached hydrogen (secondary N) is 1. The Labute approximate surface area is 149 Å². The zero-order valence-corrected chi connectivity index (χ0v) is 14.4. The van der Waals surface area contributed by atoms with Crippen LogP contribution in [0.2, 0.25) is 0 Å². The fourth-order valence-corrected chi connectivity index (χ4v) is 3.17. The number of hydrogen-bond acceptors (Lipinski definition) is 5. The first kappa shape index (κ1) is 17.2. The summed E-state index contributed by atoms with van der Waals surface area (Å²) in [5.41, 5.74) is 0.615. The van der Waals surface area contributed by atoms with Gasteiger partial charge in [-0.15, -0.1) is 11.3 Å².